The van der Waals surface area contributed by atoms with E-state index >= 15 is 0 Å². The summed E-state index contributed by atoms with van der Waals surface area (Å²) in [5, 5.41) is 0. The Morgan fingerprint density at radius 3 is 2.59 bits per heavy atom. The molecule has 0 atom stereocenters. The van der Waals surface area contributed by atoms with Crippen LogP contribution in [-0.2, 0) is 29.0 Å². The summed E-state index contributed by atoms with van der Waals surface area (Å²) >= 11 is 0. The fourth-order valence-corrected chi connectivity index (χ4v) is 5.52. The highest BCUT2D eigenvalue weighted by atomic mass is 16.5. The van der Waals surface area contributed by atoms with Crippen LogP contribution in [0.15, 0.2) is 60.7 Å². The van der Waals surface area contributed by atoms with Crippen molar-refractivity contribution in [1.29, 1.82) is 0 Å². The topological polar surface area (TPSA) is 60.5 Å². The number of fused-ring (bicyclic) bond motifs is 3. The van der Waals surface area contributed by atoms with Gasteiger partial charge in [-0.2, -0.15) is 0 Å². The summed E-state index contributed by atoms with van der Waals surface area (Å²) < 4.78 is 23.9. The zero-order valence-electron chi connectivity index (χ0n) is 24.4. The molecular weight excluding hydrogens is 516 g/mol. The van der Waals surface area contributed by atoms with E-state index in [1.165, 1.54) is 22.3 Å². The zero-order chi connectivity index (χ0) is 28.4. The molecule has 0 radical (unpaired) electrons. The summed E-state index contributed by atoms with van der Waals surface area (Å²) in [5.41, 5.74) is 6.09. The summed E-state index contributed by atoms with van der Waals surface area (Å²) in [6.07, 6.45) is 2.96. The minimum Gasteiger partial charge on any atom is -0.491 e. The third-order valence-electron chi connectivity index (χ3n) is 7.57. The Bertz CT molecular complexity index is 1300. The number of hydrogen-bond acceptors (Lipinski definition) is 6. The third-order valence-corrected chi connectivity index (χ3v) is 7.57. The van der Waals surface area contributed by atoms with Gasteiger partial charge in [-0.25, -0.2) is 0 Å². The number of hydrogen-bond donors (Lipinski definition) is 0. The molecule has 0 aliphatic carbocycles. The number of carbonyl (C=O) groups excluding carboxylic acids is 1. The second-order valence-electron chi connectivity index (χ2n) is 10.9. The predicted molar refractivity (Wildman–Crippen MR) is 160 cm³/mol. The van der Waals surface area contributed by atoms with E-state index in [1.54, 1.807) is 0 Å². The second kappa shape index (κ2) is 14.4. The summed E-state index contributed by atoms with van der Waals surface area (Å²) in [6.45, 7) is 10.3. The van der Waals surface area contributed by atoms with Gasteiger partial charge >= 0.3 is 0 Å². The highest BCUT2D eigenvalue weighted by Gasteiger charge is 2.19. The van der Waals surface area contributed by atoms with Gasteiger partial charge in [0.1, 0.15) is 12.4 Å². The largest absolute Gasteiger partial charge is 0.491 e. The molecule has 1 amide bonds. The van der Waals surface area contributed by atoms with Crippen LogP contribution < -0.4 is 14.2 Å². The van der Waals surface area contributed by atoms with Crippen molar-refractivity contribution in [1.82, 2.24) is 9.80 Å². The third kappa shape index (κ3) is 8.24. The molecule has 41 heavy (non-hydrogen) atoms. The quantitative estimate of drug-likeness (QED) is 0.387. The van der Waals surface area contributed by atoms with Gasteiger partial charge in [-0.1, -0.05) is 48.0 Å². The van der Waals surface area contributed by atoms with Crippen LogP contribution in [-0.4, -0.2) is 68.4 Å². The molecule has 3 aromatic rings. The number of rotatable bonds is 7. The first kappa shape index (κ1) is 29.0. The van der Waals surface area contributed by atoms with Crippen molar-refractivity contribution >= 4 is 5.91 Å². The molecular formula is C34H42N2O5. The lowest BCUT2D eigenvalue weighted by atomic mass is 10.00. The van der Waals surface area contributed by atoms with Crippen molar-refractivity contribution < 1.29 is 23.7 Å². The van der Waals surface area contributed by atoms with Crippen LogP contribution in [0.1, 0.15) is 47.6 Å². The van der Waals surface area contributed by atoms with Crippen LogP contribution in [0.25, 0.3) is 0 Å². The molecule has 2 heterocycles. The zero-order valence-corrected chi connectivity index (χ0v) is 24.4. The first-order valence-corrected chi connectivity index (χ1v) is 14.8. The molecule has 0 unspecified atom stereocenters. The molecule has 2 bridgehead atoms. The van der Waals surface area contributed by atoms with Crippen molar-refractivity contribution in [3.05, 3.63) is 88.5 Å². The monoisotopic (exact) mass is 558 g/mol. The Kier molecular flexibility index (Phi) is 10.2. The average Bonchev–Trinajstić information content (AvgIpc) is 3.51. The molecule has 3 aromatic carbocycles. The number of nitrogens with zero attached hydrogens (tertiary/aromatic N) is 2. The molecule has 0 N–H and O–H groups in total. The molecule has 1 saturated heterocycles. The Balaban J connectivity index is 1.30. The maximum absolute atomic E-state index is 12.5. The van der Waals surface area contributed by atoms with E-state index in [4.69, 9.17) is 18.9 Å². The van der Waals surface area contributed by atoms with Crippen LogP contribution in [0.4, 0.5) is 0 Å². The molecule has 0 spiro atoms. The van der Waals surface area contributed by atoms with Gasteiger partial charge < -0.3 is 23.8 Å². The number of ether oxygens (including phenoxy) is 4. The number of aryl methyl sites for hydroxylation is 1. The maximum atomic E-state index is 12.5. The smallest absolute Gasteiger partial charge is 0.260 e. The molecule has 0 saturated carbocycles. The lowest BCUT2D eigenvalue weighted by Crippen LogP contribution is -2.32. The van der Waals surface area contributed by atoms with Crippen LogP contribution in [0.2, 0.25) is 0 Å². The highest BCUT2D eigenvalue weighted by molar-refractivity contribution is 5.78. The first-order valence-electron chi connectivity index (χ1n) is 14.8. The van der Waals surface area contributed by atoms with E-state index in [-0.39, 0.29) is 12.5 Å². The molecule has 7 nitrogen and oxygen atoms in total. The van der Waals surface area contributed by atoms with Crippen molar-refractivity contribution in [2.24, 2.45) is 0 Å². The van der Waals surface area contributed by atoms with Gasteiger partial charge in [0, 0.05) is 39.1 Å². The van der Waals surface area contributed by atoms with E-state index in [9.17, 15) is 4.79 Å². The fourth-order valence-electron chi connectivity index (χ4n) is 5.52. The number of carbonyl (C=O) groups is 1. The summed E-state index contributed by atoms with van der Waals surface area (Å²) in [6, 6.07) is 21.2. The second-order valence-corrected chi connectivity index (χ2v) is 10.9. The van der Waals surface area contributed by atoms with E-state index in [2.05, 4.69) is 60.4 Å². The standard InChI is InChI=1S/C34H42N2O5/c1-3-39-33-22-29(10-12-32(33)41-25-34(37)36-13-4-5-14-36)24-35-15-16-38-17-18-40-31-11-9-26(2)19-30(31)21-27-7-6-8-28(20-27)23-35/h6-12,19-20,22H,3-5,13-18,21,23-25H2,1-2H3. The van der Waals surface area contributed by atoms with Gasteiger partial charge in [-0.15, -0.1) is 0 Å². The molecule has 1 fully saturated rings. The van der Waals surface area contributed by atoms with Gasteiger partial charge in [-0.3, -0.25) is 9.69 Å². The Morgan fingerprint density at radius 2 is 1.73 bits per heavy atom. The fraction of sp³-hybridized carbons (Fsp3) is 0.441. The average molecular weight is 559 g/mol. The van der Waals surface area contributed by atoms with Gasteiger partial charge in [0.2, 0.25) is 0 Å². The van der Waals surface area contributed by atoms with E-state index in [0.717, 1.165) is 63.3 Å². The normalized spacial score (nSPS) is 16.4. The summed E-state index contributed by atoms with van der Waals surface area (Å²) in [7, 11) is 0. The lowest BCUT2D eigenvalue weighted by molar-refractivity contribution is -0.132. The molecule has 2 aliphatic heterocycles. The Morgan fingerprint density at radius 1 is 0.878 bits per heavy atom. The maximum Gasteiger partial charge on any atom is 0.260 e. The van der Waals surface area contributed by atoms with Crippen LogP contribution in [0, 0.1) is 6.92 Å². The SMILES string of the molecule is CCOc1cc(CN2CCOCCOc3ccc(C)cc3Cc3cccc(c3)C2)ccc1OCC(=O)N1CCCC1. The molecule has 7 heteroatoms. The summed E-state index contributed by atoms with van der Waals surface area (Å²) in [5.74, 6) is 2.24. The van der Waals surface area contributed by atoms with Gasteiger partial charge in [-0.05, 0) is 67.1 Å². The molecule has 0 aromatic heterocycles. The van der Waals surface area contributed by atoms with E-state index in [1.807, 2.05) is 24.0 Å². The lowest BCUT2D eigenvalue weighted by Gasteiger charge is -2.24. The van der Waals surface area contributed by atoms with E-state index in [0.29, 0.717) is 37.9 Å². The van der Waals surface area contributed by atoms with Gasteiger partial charge in [0.15, 0.2) is 18.1 Å². The highest BCUT2D eigenvalue weighted by Crippen LogP contribution is 2.30. The number of benzene rings is 3. The minimum atomic E-state index is 0.0334. The van der Waals surface area contributed by atoms with Crippen molar-refractivity contribution in [3.63, 3.8) is 0 Å². The van der Waals surface area contributed by atoms with Crippen molar-refractivity contribution in [2.45, 2.75) is 46.2 Å². The Hall–Kier alpha value is -3.55. The summed E-state index contributed by atoms with van der Waals surface area (Å²) in [4.78, 5) is 16.8. The molecule has 5 rings (SSSR count). The predicted octanol–water partition coefficient (Wildman–Crippen LogP) is 5.40. The van der Waals surface area contributed by atoms with E-state index < -0.39 is 0 Å². The first-order chi connectivity index (χ1) is 20.1. The number of likely N-dealkylation sites (tertiary alicyclic amines) is 1. The van der Waals surface area contributed by atoms with Crippen LogP contribution in [0.5, 0.6) is 17.2 Å². The van der Waals surface area contributed by atoms with Crippen molar-refractivity contribution in [2.75, 3.05) is 52.7 Å². The molecule has 2 aliphatic rings. The van der Waals surface area contributed by atoms with Gasteiger partial charge in [0.25, 0.3) is 5.91 Å². The van der Waals surface area contributed by atoms with Gasteiger partial charge in [0.05, 0.1) is 19.8 Å². The minimum absolute atomic E-state index is 0.0334. The molecule has 218 valence electrons. The number of amides is 1. The van der Waals surface area contributed by atoms with Crippen molar-refractivity contribution in [3.8, 4) is 17.2 Å². The Labute approximate surface area is 244 Å². The van der Waals surface area contributed by atoms with Crippen LogP contribution in [0.3, 0.4) is 0 Å². The van der Waals surface area contributed by atoms with Crippen LogP contribution >= 0.6 is 0 Å².